The third kappa shape index (κ3) is 2.63. The summed E-state index contributed by atoms with van der Waals surface area (Å²) in [5.41, 5.74) is 4.35. The second-order valence-corrected chi connectivity index (χ2v) is 5.21. The fraction of sp³-hybridized carbons (Fsp3) is 0.0556. The Morgan fingerprint density at radius 1 is 1.18 bits per heavy atom. The lowest BCUT2D eigenvalue weighted by Gasteiger charge is -2.10. The number of aromatic nitrogens is 1. The number of hydrogen-bond acceptors (Lipinski definition) is 3. The molecule has 1 heterocycles. The molecule has 4 heteroatoms. The summed E-state index contributed by atoms with van der Waals surface area (Å²) in [4.78, 5) is 12.8. The molecule has 0 aliphatic carbocycles. The normalized spacial score (nSPS) is 11.2. The number of halogens is 1. The Morgan fingerprint density at radius 2 is 2.05 bits per heavy atom. The van der Waals surface area contributed by atoms with Crippen LogP contribution in [0.25, 0.3) is 22.0 Å². The molecule has 108 valence electrons. The molecule has 22 heavy (non-hydrogen) atoms. The minimum absolute atomic E-state index is 0.610. The molecule has 3 rings (SSSR count). The zero-order chi connectivity index (χ0) is 15.5. The second kappa shape index (κ2) is 6.08. The van der Waals surface area contributed by atoms with Crippen LogP contribution in [0.5, 0.6) is 0 Å². The van der Waals surface area contributed by atoms with E-state index in [0.29, 0.717) is 10.7 Å². The molecule has 2 aromatic carbocycles. The van der Waals surface area contributed by atoms with Gasteiger partial charge >= 0.3 is 0 Å². The van der Waals surface area contributed by atoms with Crippen molar-refractivity contribution < 1.29 is 0 Å². The Balaban J connectivity index is 2.28. The molecular weight excluding hydrogens is 294 g/mol. The Morgan fingerprint density at radius 3 is 2.82 bits per heavy atom. The maximum atomic E-state index is 6.22. The molecule has 0 aliphatic heterocycles. The van der Waals surface area contributed by atoms with Crippen LogP contribution in [0.4, 0.5) is 11.4 Å². The Bertz CT molecular complexity index is 885. The van der Waals surface area contributed by atoms with Gasteiger partial charge in [0.1, 0.15) is 0 Å². The highest BCUT2D eigenvalue weighted by Gasteiger charge is 2.11. The Hall–Kier alpha value is -2.52. The number of pyridine rings is 1. The summed E-state index contributed by atoms with van der Waals surface area (Å²) in [5, 5.41) is 1.68. The van der Waals surface area contributed by atoms with Gasteiger partial charge in [0.2, 0.25) is 0 Å². The second-order valence-electron chi connectivity index (χ2n) is 4.78. The van der Waals surface area contributed by atoms with E-state index in [1.54, 1.807) is 18.5 Å². The maximum absolute atomic E-state index is 6.22. The summed E-state index contributed by atoms with van der Waals surface area (Å²) in [7, 11) is 0. The van der Waals surface area contributed by atoms with Crippen LogP contribution >= 0.6 is 11.6 Å². The molecule has 0 bridgehead atoms. The first-order valence-corrected chi connectivity index (χ1v) is 7.25. The first-order chi connectivity index (χ1) is 10.7. The van der Waals surface area contributed by atoms with Gasteiger partial charge in [-0.2, -0.15) is 0 Å². The minimum atomic E-state index is 0.610. The molecule has 0 atom stereocenters. The smallest absolute Gasteiger partial charge is 0.0961 e. The maximum Gasteiger partial charge on any atom is 0.0961 e. The number of hydrogen-bond donors (Lipinski definition) is 0. The largest absolute Gasteiger partial charge is 0.262 e. The summed E-state index contributed by atoms with van der Waals surface area (Å²) in [6.45, 7) is 5.48. The van der Waals surface area contributed by atoms with Crippen LogP contribution in [-0.4, -0.2) is 17.9 Å². The number of rotatable bonds is 3. The van der Waals surface area contributed by atoms with Gasteiger partial charge in [-0.3, -0.25) is 15.0 Å². The van der Waals surface area contributed by atoms with Gasteiger partial charge in [0.05, 0.1) is 16.9 Å². The first-order valence-electron chi connectivity index (χ1n) is 6.87. The number of aliphatic imine (C=N–C) groups is 2. The van der Waals surface area contributed by atoms with Crippen LogP contribution in [0.15, 0.2) is 58.6 Å². The number of fused-ring (bicyclic) bond motifs is 1. The summed E-state index contributed by atoms with van der Waals surface area (Å²) in [5.74, 6) is 0. The standard InChI is InChI=1S/C18H14ClN3/c1-3-21-18-15(10-14(19)11-17(18)20-2)12-6-7-16-13(9-12)5-4-8-22-16/h3-11H,2H2,1H3. The molecule has 0 amide bonds. The highest BCUT2D eigenvalue weighted by Crippen LogP contribution is 2.41. The zero-order valence-corrected chi connectivity index (χ0v) is 12.9. The van der Waals surface area contributed by atoms with Crippen molar-refractivity contribution in [2.24, 2.45) is 9.98 Å². The van der Waals surface area contributed by atoms with Gasteiger partial charge in [-0.05, 0) is 49.5 Å². The SMILES string of the molecule is C=Nc1cc(Cl)cc(-c2ccc3ncccc3c2)c1N=CC. The third-order valence-corrected chi connectivity index (χ3v) is 3.62. The summed E-state index contributed by atoms with van der Waals surface area (Å²) >= 11 is 6.22. The van der Waals surface area contributed by atoms with Gasteiger partial charge in [0.15, 0.2) is 0 Å². The van der Waals surface area contributed by atoms with E-state index in [9.17, 15) is 0 Å². The lowest BCUT2D eigenvalue weighted by molar-refractivity contribution is 1.41. The van der Waals surface area contributed by atoms with Crippen molar-refractivity contribution in [3.8, 4) is 11.1 Å². The van der Waals surface area contributed by atoms with Gasteiger partial charge in [-0.25, -0.2) is 0 Å². The van der Waals surface area contributed by atoms with E-state index < -0.39 is 0 Å². The Labute approximate surface area is 134 Å². The molecule has 3 nitrogen and oxygen atoms in total. The van der Waals surface area contributed by atoms with Gasteiger partial charge in [0.25, 0.3) is 0 Å². The van der Waals surface area contributed by atoms with E-state index in [-0.39, 0.29) is 0 Å². The molecule has 3 aromatic rings. The number of benzene rings is 2. The van der Waals surface area contributed by atoms with E-state index >= 15 is 0 Å². The molecule has 0 N–H and O–H groups in total. The monoisotopic (exact) mass is 307 g/mol. The fourth-order valence-corrected chi connectivity index (χ4v) is 2.65. The Kier molecular flexibility index (Phi) is 3.98. The van der Waals surface area contributed by atoms with Crippen molar-refractivity contribution in [2.45, 2.75) is 6.92 Å². The van der Waals surface area contributed by atoms with Crippen molar-refractivity contribution in [2.75, 3.05) is 0 Å². The summed E-state index contributed by atoms with van der Waals surface area (Å²) in [6, 6.07) is 13.7. The predicted octanol–water partition coefficient (Wildman–Crippen LogP) is 5.61. The summed E-state index contributed by atoms with van der Waals surface area (Å²) in [6.07, 6.45) is 3.53. The minimum Gasteiger partial charge on any atom is -0.262 e. The van der Waals surface area contributed by atoms with Crippen molar-refractivity contribution in [1.29, 1.82) is 0 Å². The van der Waals surface area contributed by atoms with E-state index in [2.05, 4.69) is 27.8 Å². The molecule has 0 radical (unpaired) electrons. The molecule has 1 aromatic heterocycles. The molecular formula is C18H14ClN3. The number of nitrogens with zero attached hydrogens (tertiary/aromatic N) is 3. The molecule has 0 saturated heterocycles. The lowest BCUT2D eigenvalue weighted by atomic mass is 10.0. The van der Waals surface area contributed by atoms with Crippen LogP contribution in [-0.2, 0) is 0 Å². The third-order valence-electron chi connectivity index (χ3n) is 3.40. The van der Waals surface area contributed by atoms with Crippen molar-refractivity contribution in [1.82, 2.24) is 4.98 Å². The topological polar surface area (TPSA) is 37.6 Å². The average molecular weight is 308 g/mol. The van der Waals surface area contributed by atoms with E-state index in [4.69, 9.17) is 11.6 Å². The molecule has 0 fully saturated rings. The van der Waals surface area contributed by atoms with Crippen LogP contribution in [0.2, 0.25) is 5.02 Å². The molecule has 0 spiro atoms. The molecule has 0 unspecified atom stereocenters. The zero-order valence-electron chi connectivity index (χ0n) is 12.1. The highest BCUT2D eigenvalue weighted by molar-refractivity contribution is 6.31. The van der Waals surface area contributed by atoms with Gasteiger partial charge < -0.3 is 0 Å². The lowest BCUT2D eigenvalue weighted by Crippen LogP contribution is -1.84. The van der Waals surface area contributed by atoms with Crippen LogP contribution < -0.4 is 0 Å². The molecule has 0 aliphatic rings. The van der Waals surface area contributed by atoms with Crippen LogP contribution in [0, 0.1) is 0 Å². The van der Waals surface area contributed by atoms with Crippen molar-refractivity contribution in [3.05, 3.63) is 53.7 Å². The first kappa shape index (κ1) is 14.4. The van der Waals surface area contributed by atoms with E-state index in [1.807, 2.05) is 37.3 Å². The molecule has 0 saturated carbocycles. The van der Waals surface area contributed by atoms with E-state index in [1.165, 1.54) is 0 Å². The predicted molar refractivity (Wildman–Crippen MR) is 95.2 cm³/mol. The van der Waals surface area contributed by atoms with Crippen LogP contribution in [0.1, 0.15) is 6.92 Å². The summed E-state index contributed by atoms with van der Waals surface area (Å²) < 4.78 is 0. The highest BCUT2D eigenvalue weighted by atomic mass is 35.5. The fourth-order valence-electron chi connectivity index (χ4n) is 2.43. The van der Waals surface area contributed by atoms with Gasteiger partial charge in [-0.1, -0.05) is 23.7 Å². The average Bonchev–Trinajstić information content (AvgIpc) is 2.55. The van der Waals surface area contributed by atoms with Crippen molar-refractivity contribution >= 4 is 46.8 Å². The van der Waals surface area contributed by atoms with Crippen molar-refractivity contribution in [3.63, 3.8) is 0 Å². The quantitative estimate of drug-likeness (QED) is 0.579. The van der Waals surface area contributed by atoms with E-state index in [0.717, 1.165) is 27.7 Å². The van der Waals surface area contributed by atoms with Gasteiger partial charge in [-0.15, -0.1) is 0 Å². The van der Waals surface area contributed by atoms with Gasteiger partial charge in [0, 0.05) is 28.4 Å². The van der Waals surface area contributed by atoms with Crippen LogP contribution in [0.3, 0.4) is 0 Å².